The first-order valence-corrected chi connectivity index (χ1v) is 7.32. The van der Waals surface area contributed by atoms with Crippen LogP contribution >= 0.6 is 27.3 Å². The summed E-state index contributed by atoms with van der Waals surface area (Å²) in [5.74, 6) is -4.07. The van der Waals surface area contributed by atoms with Crippen molar-refractivity contribution in [3.05, 3.63) is 51.7 Å². The molecule has 8 heteroatoms. The highest BCUT2D eigenvalue weighted by atomic mass is 79.9. The highest BCUT2D eigenvalue weighted by Crippen LogP contribution is 2.34. The highest BCUT2D eigenvalue weighted by molar-refractivity contribution is 9.11. The van der Waals surface area contributed by atoms with Crippen LogP contribution in [-0.2, 0) is 0 Å². The van der Waals surface area contributed by atoms with Crippen LogP contribution in [-0.4, -0.2) is 9.78 Å². The molecule has 1 aromatic carbocycles. The Morgan fingerprint density at radius 2 is 1.81 bits per heavy atom. The molecule has 3 aromatic rings. The Balaban J connectivity index is 2.09. The third-order valence-electron chi connectivity index (χ3n) is 2.78. The van der Waals surface area contributed by atoms with Crippen LogP contribution in [0.3, 0.4) is 0 Å². The van der Waals surface area contributed by atoms with Crippen molar-refractivity contribution in [1.29, 1.82) is 0 Å². The molecule has 2 N–H and O–H groups in total. The summed E-state index contributed by atoms with van der Waals surface area (Å²) in [6.07, 6.45) is 1.43. The first-order chi connectivity index (χ1) is 9.95. The number of rotatable bonds is 2. The Bertz CT molecular complexity index is 805. The molecule has 108 valence electrons. The average molecular weight is 374 g/mol. The van der Waals surface area contributed by atoms with E-state index in [1.807, 2.05) is 12.1 Å². The summed E-state index contributed by atoms with van der Waals surface area (Å²) in [5.41, 5.74) is 6.78. The fraction of sp³-hybridized carbons (Fsp3) is 0. The van der Waals surface area contributed by atoms with Crippen LogP contribution in [0.1, 0.15) is 0 Å². The van der Waals surface area contributed by atoms with Gasteiger partial charge in [-0.25, -0.2) is 17.9 Å². The van der Waals surface area contributed by atoms with Crippen molar-refractivity contribution in [2.75, 3.05) is 5.73 Å². The topological polar surface area (TPSA) is 43.8 Å². The van der Waals surface area contributed by atoms with E-state index in [-0.39, 0.29) is 5.69 Å². The van der Waals surface area contributed by atoms with Crippen molar-refractivity contribution in [1.82, 2.24) is 9.78 Å². The third-order valence-corrected chi connectivity index (χ3v) is 4.41. The maximum atomic E-state index is 13.3. The van der Waals surface area contributed by atoms with Gasteiger partial charge in [0.05, 0.1) is 26.2 Å². The predicted octanol–water partition coefficient (Wildman–Crippen LogP) is 4.36. The van der Waals surface area contributed by atoms with Crippen molar-refractivity contribution in [2.45, 2.75) is 0 Å². The number of nitrogens with zero attached hydrogens (tertiary/aromatic N) is 2. The number of anilines is 1. The molecule has 0 aliphatic rings. The fourth-order valence-corrected chi connectivity index (χ4v) is 3.22. The molecule has 0 unspecified atom stereocenters. The molecular weight excluding hydrogens is 367 g/mol. The molecule has 0 saturated heterocycles. The van der Waals surface area contributed by atoms with Crippen LogP contribution in [0.15, 0.2) is 34.2 Å². The smallest absolute Gasteiger partial charge is 0.194 e. The molecular formula is C13H7BrF3N3S. The first kappa shape index (κ1) is 14.2. The van der Waals surface area contributed by atoms with E-state index in [9.17, 15) is 13.2 Å². The van der Waals surface area contributed by atoms with Crippen molar-refractivity contribution in [3.63, 3.8) is 0 Å². The number of nitrogen functional groups attached to an aromatic ring is 1. The summed E-state index contributed by atoms with van der Waals surface area (Å²) >= 11 is 4.76. The largest absolute Gasteiger partial charge is 0.396 e. The van der Waals surface area contributed by atoms with Gasteiger partial charge in [0.1, 0.15) is 5.69 Å². The summed E-state index contributed by atoms with van der Waals surface area (Å²) in [4.78, 5) is 0.807. The number of hydrogen-bond donors (Lipinski definition) is 1. The Kier molecular flexibility index (Phi) is 3.50. The van der Waals surface area contributed by atoms with Crippen LogP contribution in [0.25, 0.3) is 16.3 Å². The molecule has 0 spiro atoms. The quantitative estimate of drug-likeness (QED) is 0.678. The van der Waals surface area contributed by atoms with Gasteiger partial charge in [0.25, 0.3) is 0 Å². The normalized spacial score (nSPS) is 11.0. The van der Waals surface area contributed by atoms with Gasteiger partial charge in [-0.2, -0.15) is 5.10 Å². The van der Waals surface area contributed by atoms with Gasteiger partial charge in [-0.15, -0.1) is 11.3 Å². The zero-order chi connectivity index (χ0) is 15.1. The second kappa shape index (κ2) is 5.19. The first-order valence-electron chi connectivity index (χ1n) is 5.71. The van der Waals surface area contributed by atoms with Gasteiger partial charge in [0.15, 0.2) is 17.5 Å². The van der Waals surface area contributed by atoms with Crippen molar-refractivity contribution in [2.24, 2.45) is 0 Å². The van der Waals surface area contributed by atoms with Gasteiger partial charge >= 0.3 is 0 Å². The van der Waals surface area contributed by atoms with E-state index in [2.05, 4.69) is 21.0 Å². The molecule has 0 radical (unpaired) electrons. The summed E-state index contributed by atoms with van der Waals surface area (Å²) in [5, 5.41) is 4.20. The zero-order valence-electron chi connectivity index (χ0n) is 10.3. The van der Waals surface area contributed by atoms with Crippen LogP contribution < -0.4 is 5.73 Å². The summed E-state index contributed by atoms with van der Waals surface area (Å²) in [6.45, 7) is 0. The van der Waals surface area contributed by atoms with E-state index in [1.54, 1.807) is 0 Å². The van der Waals surface area contributed by atoms with Gasteiger partial charge in [-0.1, -0.05) is 0 Å². The van der Waals surface area contributed by atoms with Gasteiger partial charge in [0, 0.05) is 12.1 Å². The van der Waals surface area contributed by atoms with Crippen molar-refractivity contribution >= 4 is 33.0 Å². The summed E-state index contributed by atoms with van der Waals surface area (Å²) in [6, 6.07) is 5.39. The number of nitrogens with two attached hydrogens (primary N) is 1. The van der Waals surface area contributed by atoms with E-state index >= 15 is 0 Å². The van der Waals surface area contributed by atoms with Gasteiger partial charge in [0.2, 0.25) is 0 Å². The Hall–Kier alpha value is -1.80. The molecule has 0 aliphatic carbocycles. The monoisotopic (exact) mass is 373 g/mol. The molecule has 0 aliphatic heterocycles. The number of aromatic nitrogens is 2. The number of benzene rings is 1. The lowest BCUT2D eigenvalue weighted by Gasteiger charge is -2.02. The number of hydrogen-bond acceptors (Lipinski definition) is 3. The van der Waals surface area contributed by atoms with Crippen molar-refractivity contribution in [3.8, 4) is 16.3 Å². The second-order valence-corrected chi connectivity index (χ2v) is 6.67. The lowest BCUT2D eigenvalue weighted by Crippen LogP contribution is -1.99. The molecule has 0 bridgehead atoms. The lowest BCUT2D eigenvalue weighted by molar-refractivity contribution is 0.446. The van der Waals surface area contributed by atoms with E-state index in [1.165, 1.54) is 22.2 Å². The summed E-state index contributed by atoms with van der Waals surface area (Å²) in [7, 11) is 0. The Morgan fingerprint density at radius 1 is 1.14 bits per heavy atom. The molecule has 3 rings (SSSR count). The van der Waals surface area contributed by atoms with E-state index < -0.39 is 17.5 Å². The second-order valence-electron chi connectivity index (χ2n) is 4.20. The lowest BCUT2D eigenvalue weighted by atomic mass is 10.3. The van der Waals surface area contributed by atoms with Gasteiger partial charge < -0.3 is 5.73 Å². The minimum atomic E-state index is -1.51. The molecule has 0 saturated carbocycles. The minimum absolute atomic E-state index is 0.0555. The highest BCUT2D eigenvalue weighted by Gasteiger charge is 2.15. The van der Waals surface area contributed by atoms with Crippen LogP contribution in [0.2, 0.25) is 0 Å². The third kappa shape index (κ3) is 2.56. The van der Waals surface area contributed by atoms with Crippen LogP contribution in [0, 0.1) is 17.5 Å². The maximum absolute atomic E-state index is 13.3. The number of thiophene rings is 1. The van der Waals surface area contributed by atoms with Gasteiger partial charge in [-0.3, -0.25) is 0 Å². The Labute approximate surface area is 129 Å². The number of halogens is 4. The SMILES string of the molecule is Nc1cn(-c2cc(F)c(F)c(F)c2)nc1-c1ccc(Br)s1. The molecule has 0 amide bonds. The van der Waals surface area contributed by atoms with Crippen LogP contribution in [0.5, 0.6) is 0 Å². The predicted molar refractivity (Wildman–Crippen MR) is 78.9 cm³/mol. The minimum Gasteiger partial charge on any atom is -0.396 e. The standard InChI is InChI=1S/C13H7BrF3N3S/c14-11-2-1-10(21-11)13-9(18)5-20(19-13)6-3-7(15)12(17)8(16)4-6/h1-5H,18H2. The average Bonchev–Trinajstić information content (AvgIpc) is 3.01. The van der Waals surface area contributed by atoms with Crippen molar-refractivity contribution < 1.29 is 13.2 Å². The maximum Gasteiger partial charge on any atom is 0.194 e. The molecule has 2 aromatic heterocycles. The van der Waals surface area contributed by atoms with E-state index in [4.69, 9.17) is 5.73 Å². The van der Waals surface area contributed by atoms with E-state index in [0.29, 0.717) is 11.4 Å². The molecule has 0 atom stereocenters. The molecule has 3 nitrogen and oxygen atoms in total. The van der Waals surface area contributed by atoms with Gasteiger partial charge in [-0.05, 0) is 28.1 Å². The molecule has 0 fully saturated rings. The molecule has 2 heterocycles. The zero-order valence-corrected chi connectivity index (χ0v) is 12.7. The summed E-state index contributed by atoms with van der Waals surface area (Å²) < 4.78 is 41.6. The Morgan fingerprint density at radius 3 is 2.38 bits per heavy atom. The molecule has 21 heavy (non-hydrogen) atoms. The fourth-order valence-electron chi connectivity index (χ4n) is 1.83. The van der Waals surface area contributed by atoms with Crippen LogP contribution in [0.4, 0.5) is 18.9 Å². The van der Waals surface area contributed by atoms with E-state index in [0.717, 1.165) is 20.8 Å².